The number of hydrogen-bond acceptors (Lipinski definition) is 2. The Morgan fingerprint density at radius 1 is 1.17 bits per heavy atom. The van der Waals surface area contributed by atoms with Crippen molar-refractivity contribution in [3.05, 3.63) is 35.9 Å². The van der Waals surface area contributed by atoms with E-state index in [1.165, 1.54) is 5.56 Å². The van der Waals surface area contributed by atoms with Gasteiger partial charge in [0.05, 0.1) is 6.10 Å². The summed E-state index contributed by atoms with van der Waals surface area (Å²) in [7, 11) is 0. The highest BCUT2D eigenvalue weighted by molar-refractivity contribution is 5.69. The summed E-state index contributed by atoms with van der Waals surface area (Å²) in [6, 6.07) is 10.3. The first kappa shape index (κ1) is 16.7. The van der Waals surface area contributed by atoms with Gasteiger partial charge < -0.3 is 4.74 Å². The van der Waals surface area contributed by atoms with E-state index in [2.05, 4.69) is 32.9 Å². The molecule has 0 heterocycles. The third kappa shape index (κ3) is 9.88. The topological polar surface area (TPSA) is 26.3 Å². The third-order valence-electron chi connectivity index (χ3n) is 2.37. The summed E-state index contributed by atoms with van der Waals surface area (Å²) in [5.41, 5.74) is 1.32. The van der Waals surface area contributed by atoms with Gasteiger partial charge in [0.1, 0.15) is 0 Å². The molecule has 1 rings (SSSR count). The third-order valence-corrected chi connectivity index (χ3v) is 2.37. The van der Waals surface area contributed by atoms with Crippen LogP contribution in [0.15, 0.2) is 30.3 Å². The van der Waals surface area contributed by atoms with Crippen LogP contribution >= 0.6 is 0 Å². The molecule has 1 atom stereocenters. The molecule has 1 unspecified atom stereocenters. The number of rotatable bonds is 4. The average Bonchev–Trinajstić information content (AvgIpc) is 2.29. The van der Waals surface area contributed by atoms with Crippen molar-refractivity contribution in [2.24, 2.45) is 5.92 Å². The van der Waals surface area contributed by atoms with Crippen molar-refractivity contribution in [1.82, 2.24) is 0 Å². The molecule has 0 aromatic heterocycles. The van der Waals surface area contributed by atoms with Crippen LogP contribution in [-0.2, 0) is 9.53 Å². The molecule has 0 bridgehead atoms. The number of ether oxygens (including phenoxy) is 1. The maximum absolute atomic E-state index is 10.8. The molecule has 0 N–H and O–H groups in total. The van der Waals surface area contributed by atoms with Crippen LogP contribution in [0.2, 0.25) is 0 Å². The summed E-state index contributed by atoms with van der Waals surface area (Å²) in [5.74, 6) is 0.493. The first-order chi connectivity index (χ1) is 8.45. The molecule has 0 aliphatic heterocycles. The van der Waals surface area contributed by atoms with Gasteiger partial charge in [-0.05, 0) is 26.2 Å². The second-order valence-electron chi connectivity index (χ2n) is 4.94. The van der Waals surface area contributed by atoms with E-state index in [1.807, 2.05) is 32.0 Å². The van der Waals surface area contributed by atoms with E-state index in [4.69, 9.17) is 4.74 Å². The predicted octanol–water partition coefficient (Wildman–Crippen LogP) is 4.37. The first-order valence-electron chi connectivity index (χ1n) is 6.66. The molecule has 2 nitrogen and oxygen atoms in total. The minimum Gasteiger partial charge on any atom is -0.463 e. The second kappa shape index (κ2) is 9.69. The summed E-state index contributed by atoms with van der Waals surface area (Å²) in [6.07, 6.45) is 1.50. The van der Waals surface area contributed by atoms with E-state index in [1.54, 1.807) is 0 Å². The smallest absolute Gasteiger partial charge is 0.305 e. The fourth-order valence-electron chi connectivity index (χ4n) is 1.55. The SMILES string of the molecule is CCC(=O)OC(C)CC(C)C.Cc1ccccc1. The Labute approximate surface area is 111 Å². The summed E-state index contributed by atoms with van der Waals surface area (Å²) in [5, 5.41) is 0. The minimum atomic E-state index is -0.0989. The Bertz CT molecular complexity index is 317. The van der Waals surface area contributed by atoms with Crippen molar-refractivity contribution in [3.63, 3.8) is 0 Å². The maximum atomic E-state index is 10.8. The fourth-order valence-corrected chi connectivity index (χ4v) is 1.55. The predicted molar refractivity (Wildman–Crippen MR) is 76.5 cm³/mol. The highest BCUT2D eigenvalue weighted by Crippen LogP contribution is 2.07. The second-order valence-corrected chi connectivity index (χ2v) is 4.94. The van der Waals surface area contributed by atoms with E-state index in [0.29, 0.717) is 12.3 Å². The van der Waals surface area contributed by atoms with Crippen molar-refractivity contribution in [3.8, 4) is 0 Å². The first-order valence-corrected chi connectivity index (χ1v) is 6.66. The lowest BCUT2D eigenvalue weighted by Gasteiger charge is -2.14. The standard InChI is InChI=1S/C9H18O2.C7H8/c1-5-9(10)11-8(4)6-7(2)3;1-7-5-3-2-4-6-7/h7-8H,5-6H2,1-4H3;2-6H,1H3. The Kier molecular flexibility index (Phi) is 8.99. The molecule has 0 fully saturated rings. The monoisotopic (exact) mass is 250 g/mol. The quantitative estimate of drug-likeness (QED) is 0.742. The number of benzene rings is 1. The zero-order valence-corrected chi connectivity index (χ0v) is 12.3. The summed E-state index contributed by atoms with van der Waals surface area (Å²) < 4.78 is 5.07. The molecule has 0 spiro atoms. The van der Waals surface area contributed by atoms with Gasteiger partial charge in [-0.15, -0.1) is 0 Å². The molecule has 0 radical (unpaired) electrons. The number of aryl methyl sites for hydroxylation is 1. The highest BCUT2D eigenvalue weighted by Gasteiger charge is 2.08. The number of esters is 1. The van der Waals surface area contributed by atoms with E-state index < -0.39 is 0 Å². The van der Waals surface area contributed by atoms with Crippen LogP contribution in [0.3, 0.4) is 0 Å². The average molecular weight is 250 g/mol. The molecule has 0 saturated carbocycles. The molecular weight excluding hydrogens is 224 g/mol. The molecule has 1 aromatic rings. The zero-order valence-electron chi connectivity index (χ0n) is 12.3. The Hall–Kier alpha value is -1.31. The lowest BCUT2D eigenvalue weighted by molar-refractivity contribution is -0.148. The van der Waals surface area contributed by atoms with E-state index in [0.717, 1.165) is 6.42 Å². The molecule has 18 heavy (non-hydrogen) atoms. The number of carbonyl (C=O) groups is 1. The van der Waals surface area contributed by atoms with Crippen molar-refractivity contribution in [1.29, 1.82) is 0 Å². The summed E-state index contributed by atoms with van der Waals surface area (Å²) in [4.78, 5) is 10.8. The van der Waals surface area contributed by atoms with Gasteiger partial charge >= 0.3 is 5.97 Å². The van der Waals surface area contributed by atoms with Crippen LogP contribution in [0, 0.1) is 12.8 Å². The van der Waals surface area contributed by atoms with Crippen LogP contribution in [0.1, 0.15) is 46.1 Å². The normalized spacial score (nSPS) is 11.4. The van der Waals surface area contributed by atoms with Crippen LogP contribution in [-0.4, -0.2) is 12.1 Å². The van der Waals surface area contributed by atoms with Gasteiger partial charge in [0.25, 0.3) is 0 Å². The lowest BCUT2D eigenvalue weighted by Crippen LogP contribution is -2.15. The number of hydrogen-bond donors (Lipinski definition) is 0. The van der Waals surface area contributed by atoms with Crippen LogP contribution in [0.5, 0.6) is 0 Å². The zero-order chi connectivity index (χ0) is 14.0. The Morgan fingerprint density at radius 2 is 1.72 bits per heavy atom. The molecule has 0 saturated heterocycles. The number of carbonyl (C=O) groups excluding carboxylic acids is 1. The van der Waals surface area contributed by atoms with Gasteiger partial charge in [0, 0.05) is 6.42 Å². The van der Waals surface area contributed by atoms with Crippen molar-refractivity contribution < 1.29 is 9.53 Å². The van der Waals surface area contributed by atoms with Gasteiger partial charge in [-0.1, -0.05) is 56.7 Å². The molecular formula is C16H26O2. The lowest BCUT2D eigenvalue weighted by atomic mass is 10.1. The van der Waals surface area contributed by atoms with Gasteiger partial charge in [-0.3, -0.25) is 4.79 Å². The molecule has 102 valence electrons. The summed E-state index contributed by atoms with van der Waals surface area (Å²) in [6.45, 7) is 10.1. The molecule has 0 aliphatic rings. The van der Waals surface area contributed by atoms with Gasteiger partial charge in [0.2, 0.25) is 0 Å². The van der Waals surface area contributed by atoms with E-state index in [-0.39, 0.29) is 12.1 Å². The van der Waals surface area contributed by atoms with Gasteiger partial charge in [-0.25, -0.2) is 0 Å². The maximum Gasteiger partial charge on any atom is 0.305 e. The van der Waals surface area contributed by atoms with E-state index in [9.17, 15) is 4.79 Å². The van der Waals surface area contributed by atoms with Crippen molar-refractivity contribution >= 4 is 5.97 Å². The van der Waals surface area contributed by atoms with Crippen LogP contribution in [0.4, 0.5) is 0 Å². The molecule has 0 amide bonds. The molecule has 2 heteroatoms. The molecule has 1 aromatic carbocycles. The Morgan fingerprint density at radius 3 is 2.06 bits per heavy atom. The van der Waals surface area contributed by atoms with Gasteiger partial charge in [-0.2, -0.15) is 0 Å². The van der Waals surface area contributed by atoms with Crippen molar-refractivity contribution in [2.75, 3.05) is 0 Å². The van der Waals surface area contributed by atoms with Gasteiger partial charge in [0.15, 0.2) is 0 Å². The van der Waals surface area contributed by atoms with E-state index >= 15 is 0 Å². The minimum absolute atomic E-state index is 0.0717. The Balaban J connectivity index is 0.000000351. The van der Waals surface area contributed by atoms with Crippen LogP contribution in [0.25, 0.3) is 0 Å². The van der Waals surface area contributed by atoms with Crippen molar-refractivity contribution in [2.45, 2.75) is 53.6 Å². The summed E-state index contributed by atoms with van der Waals surface area (Å²) >= 11 is 0. The highest BCUT2D eigenvalue weighted by atomic mass is 16.5. The largest absolute Gasteiger partial charge is 0.463 e. The van der Waals surface area contributed by atoms with Crippen LogP contribution < -0.4 is 0 Å². The molecule has 0 aliphatic carbocycles. The fraction of sp³-hybridized carbons (Fsp3) is 0.562.